The minimum absolute atomic E-state index is 0.0187. The van der Waals surface area contributed by atoms with E-state index in [9.17, 15) is 19.5 Å². The zero-order chi connectivity index (χ0) is 19.7. The van der Waals surface area contributed by atoms with Crippen LogP contribution in [-0.4, -0.2) is 47.7 Å². The van der Waals surface area contributed by atoms with Gasteiger partial charge in [-0.2, -0.15) is 0 Å². The molecular formula is C17H20BrClN2O5. The quantitative estimate of drug-likeness (QED) is 0.686. The average molecular weight is 448 g/mol. The molecule has 1 fully saturated rings. The number of rotatable bonds is 4. The summed E-state index contributed by atoms with van der Waals surface area (Å²) in [5.41, 5.74) is -1.39. The van der Waals surface area contributed by atoms with Gasteiger partial charge in [-0.25, -0.2) is 9.59 Å². The molecule has 1 saturated heterocycles. The van der Waals surface area contributed by atoms with E-state index >= 15 is 0 Å². The van der Waals surface area contributed by atoms with Gasteiger partial charge in [-0.1, -0.05) is 11.6 Å². The number of ether oxygens (including phenoxy) is 1. The summed E-state index contributed by atoms with van der Waals surface area (Å²) in [6.45, 7) is 5.40. The van der Waals surface area contributed by atoms with E-state index in [1.807, 2.05) is 0 Å². The molecule has 1 amide bonds. The van der Waals surface area contributed by atoms with E-state index in [4.69, 9.17) is 16.3 Å². The third kappa shape index (κ3) is 4.48. The largest absolute Gasteiger partial charge is 0.479 e. The number of halogens is 2. The van der Waals surface area contributed by atoms with E-state index in [1.165, 1.54) is 0 Å². The SMILES string of the molecule is CC(C)(C)OC(=O)NC1(C(=O)O)CCN(c2cc(Cl)cc(Br)c2C=O)C1. The minimum Gasteiger partial charge on any atom is -0.479 e. The number of amides is 1. The van der Waals surface area contributed by atoms with Crippen molar-refractivity contribution in [3.63, 3.8) is 0 Å². The molecule has 1 aliphatic heterocycles. The lowest BCUT2D eigenvalue weighted by molar-refractivity contribution is -0.143. The van der Waals surface area contributed by atoms with Gasteiger partial charge in [-0.3, -0.25) is 4.79 Å². The fourth-order valence-electron chi connectivity index (χ4n) is 2.79. The highest BCUT2D eigenvalue weighted by atomic mass is 79.9. The van der Waals surface area contributed by atoms with Crippen LogP contribution in [0.15, 0.2) is 16.6 Å². The molecule has 2 N–H and O–H groups in total. The van der Waals surface area contributed by atoms with Crippen LogP contribution in [0.1, 0.15) is 37.6 Å². The van der Waals surface area contributed by atoms with Crippen molar-refractivity contribution in [2.24, 2.45) is 0 Å². The maximum absolute atomic E-state index is 12.1. The van der Waals surface area contributed by atoms with Crippen molar-refractivity contribution in [1.82, 2.24) is 5.32 Å². The lowest BCUT2D eigenvalue weighted by atomic mass is 9.99. The number of carboxylic acids is 1. The second-order valence-corrected chi connectivity index (χ2v) is 8.41. The van der Waals surface area contributed by atoms with E-state index in [-0.39, 0.29) is 13.0 Å². The Morgan fingerprint density at radius 2 is 2.08 bits per heavy atom. The minimum atomic E-state index is -1.52. The van der Waals surface area contributed by atoms with Gasteiger partial charge in [0.1, 0.15) is 5.60 Å². The van der Waals surface area contributed by atoms with E-state index < -0.39 is 23.2 Å². The van der Waals surface area contributed by atoms with Crippen molar-refractivity contribution in [3.8, 4) is 0 Å². The molecule has 26 heavy (non-hydrogen) atoms. The van der Waals surface area contributed by atoms with Gasteiger partial charge in [0.05, 0.1) is 12.1 Å². The molecule has 1 aromatic carbocycles. The molecule has 1 atom stereocenters. The summed E-state index contributed by atoms with van der Waals surface area (Å²) in [5, 5.41) is 12.6. The number of carbonyl (C=O) groups excluding carboxylic acids is 2. The monoisotopic (exact) mass is 446 g/mol. The molecule has 2 rings (SSSR count). The van der Waals surface area contributed by atoms with Crippen LogP contribution < -0.4 is 10.2 Å². The van der Waals surface area contributed by atoms with Gasteiger partial charge >= 0.3 is 12.1 Å². The number of benzene rings is 1. The Bertz CT molecular complexity index is 749. The van der Waals surface area contributed by atoms with Crippen molar-refractivity contribution < 1.29 is 24.2 Å². The van der Waals surface area contributed by atoms with Crippen LogP contribution in [0, 0.1) is 0 Å². The molecule has 142 valence electrons. The van der Waals surface area contributed by atoms with Crippen molar-refractivity contribution in [1.29, 1.82) is 0 Å². The average Bonchev–Trinajstić information content (AvgIpc) is 2.89. The molecule has 0 spiro atoms. The zero-order valence-corrected chi connectivity index (χ0v) is 17.0. The number of carboxylic acid groups (broad SMARTS) is 1. The molecule has 7 nitrogen and oxygen atoms in total. The Hall–Kier alpha value is -1.80. The first-order valence-corrected chi connectivity index (χ1v) is 9.08. The van der Waals surface area contributed by atoms with Crippen LogP contribution in [0.5, 0.6) is 0 Å². The highest BCUT2D eigenvalue weighted by Crippen LogP contribution is 2.35. The summed E-state index contributed by atoms with van der Waals surface area (Å²) in [4.78, 5) is 37.1. The number of carbonyl (C=O) groups is 3. The van der Waals surface area contributed by atoms with Gasteiger partial charge in [-0.05, 0) is 48.8 Å². The topological polar surface area (TPSA) is 95.9 Å². The van der Waals surface area contributed by atoms with Crippen LogP contribution in [0.2, 0.25) is 5.02 Å². The summed E-state index contributed by atoms with van der Waals surface area (Å²) in [7, 11) is 0. The number of alkyl carbamates (subject to hydrolysis) is 1. The number of nitrogens with one attached hydrogen (secondary N) is 1. The molecule has 1 aromatic rings. The first-order chi connectivity index (χ1) is 12.0. The first kappa shape index (κ1) is 20.5. The van der Waals surface area contributed by atoms with Crippen molar-refractivity contribution in [2.45, 2.75) is 38.3 Å². The van der Waals surface area contributed by atoms with Crippen LogP contribution in [0.25, 0.3) is 0 Å². The Morgan fingerprint density at radius 3 is 2.62 bits per heavy atom. The standard InChI is InChI=1S/C17H20BrClN2O5/c1-16(2,3)26-15(25)20-17(14(23)24)4-5-21(9-17)13-7-10(19)6-12(18)11(13)8-22/h6-8H,4-5,9H2,1-3H3,(H,20,25)(H,23,24). The molecule has 0 saturated carbocycles. The van der Waals surface area contributed by atoms with Gasteiger partial charge < -0.3 is 20.1 Å². The summed E-state index contributed by atoms with van der Waals surface area (Å²) < 4.78 is 5.70. The lowest BCUT2D eigenvalue weighted by Crippen LogP contribution is -2.57. The number of hydrogen-bond donors (Lipinski definition) is 2. The highest BCUT2D eigenvalue weighted by Gasteiger charge is 2.47. The molecule has 9 heteroatoms. The maximum atomic E-state index is 12.1. The Morgan fingerprint density at radius 1 is 1.42 bits per heavy atom. The number of nitrogens with zero attached hydrogens (tertiary/aromatic N) is 1. The van der Waals surface area contributed by atoms with Gasteiger partial charge in [0.25, 0.3) is 0 Å². The Labute approximate surface area is 164 Å². The third-order valence-corrected chi connectivity index (χ3v) is 4.82. The molecule has 0 aliphatic carbocycles. The van der Waals surface area contributed by atoms with E-state index in [1.54, 1.807) is 37.8 Å². The fourth-order valence-corrected chi connectivity index (χ4v) is 3.68. The summed E-state index contributed by atoms with van der Waals surface area (Å²) in [6.07, 6.45) is 0.0339. The second kappa shape index (κ2) is 7.44. The summed E-state index contributed by atoms with van der Waals surface area (Å²) in [6, 6.07) is 3.19. The first-order valence-electron chi connectivity index (χ1n) is 7.91. The van der Waals surface area contributed by atoms with Gasteiger partial charge in [0.2, 0.25) is 0 Å². The van der Waals surface area contributed by atoms with E-state index in [0.29, 0.717) is 33.6 Å². The van der Waals surface area contributed by atoms with Gasteiger partial charge in [0, 0.05) is 28.1 Å². The number of hydrogen-bond acceptors (Lipinski definition) is 5. The molecule has 1 unspecified atom stereocenters. The third-order valence-electron chi connectivity index (χ3n) is 3.95. The van der Waals surface area contributed by atoms with Crippen molar-refractivity contribution in [2.75, 3.05) is 18.0 Å². The molecule has 0 aromatic heterocycles. The molecule has 1 heterocycles. The number of aliphatic carboxylic acids is 1. The number of aldehydes is 1. The Balaban J connectivity index is 2.29. The van der Waals surface area contributed by atoms with Crippen molar-refractivity contribution >= 4 is 51.6 Å². The maximum Gasteiger partial charge on any atom is 0.408 e. The molecule has 1 aliphatic rings. The number of anilines is 1. The van der Waals surface area contributed by atoms with E-state index in [0.717, 1.165) is 0 Å². The predicted octanol–water partition coefficient (Wildman–Crippen LogP) is 3.47. The van der Waals surface area contributed by atoms with Crippen LogP contribution in [0.4, 0.5) is 10.5 Å². The molecular weight excluding hydrogens is 428 g/mol. The molecule has 0 bridgehead atoms. The lowest BCUT2D eigenvalue weighted by Gasteiger charge is -2.29. The van der Waals surface area contributed by atoms with E-state index in [2.05, 4.69) is 21.2 Å². The zero-order valence-electron chi connectivity index (χ0n) is 14.6. The Kier molecular flexibility index (Phi) is 5.87. The van der Waals surface area contributed by atoms with Crippen LogP contribution in [0.3, 0.4) is 0 Å². The van der Waals surface area contributed by atoms with Crippen molar-refractivity contribution in [3.05, 3.63) is 27.2 Å². The van der Waals surface area contributed by atoms with Crippen LogP contribution >= 0.6 is 27.5 Å². The van der Waals surface area contributed by atoms with Gasteiger partial charge in [-0.15, -0.1) is 0 Å². The second-order valence-electron chi connectivity index (χ2n) is 7.12. The normalized spacial score (nSPS) is 20.0. The van der Waals surface area contributed by atoms with Gasteiger partial charge in [0.15, 0.2) is 11.8 Å². The summed E-state index contributed by atoms with van der Waals surface area (Å²) in [5.74, 6) is -1.17. The van der Waals surface area contributed by atoms with Crippen LogP contribution in [-0.2, 0) is 9.53 Å². The smallest absolute Gasteiger partial charge is 0.408 e. The predicted molar refractivity (Wildman–Crippen MR) is 101 cm³/mol. The fraction of sp³-hybridized carbons (Fsp3) is 0.471. The highest BCUT2D eigenvalue weighted by molar-refractivity contribution is 9.10. The summed E-state index contributed by atoms with van der Waals surface area (Å²) >= 11 is 9.36. The molecule has 0 radical (unpaired) electrons.